The molecule has 0 fully saturated rings. The van der Waals surface area contributed by atoms with E-state index in [2.05, 4.69) is 37.9 Å². The summed E-state index contributed by atoms with van der Waals surface area (Å²) in [6.45, 7) is 3.98. The fourth-order valence-electron chi connectivity index (χ4n) is 2.29. The summed E-state index contributed by atoms with van der Waals surface area (Å²) in [5.41, 5.74) is 2.61. The molecule has 17 heavy (non-hydrogen) atoms. The molecule has 1 aliphatic heterocycles. The Hall–Kier alpha value is -0.610. The molecule has 0 saturated heterocycles. The maximum Gasteiger partial charge on any atom is 0.241 e. The topological polar surface area (TPSA) is 20.3 Å². The predicted molar refractivity (Wildman–Crippen MR) is 77.9 cm³/mol. The SMILES string of the molecule is Cc1ccc2c(c1)C(C)(C=C(Br)Br)C(=O)N2C. The normalized spacial score (nSPS) is 22.6. The molecule has 0 aromatic heterocycles. The van der Waals surface area contributed by atoms with Crippen LogP contribution in [-0.4, -0.2) is 13.0 Å². The Kier molecular flexibility index (Phi) is 3.21. The lowest BCUT2D eigenvalue weighted by molar-refractivity contribution is -0.120. The van der Waals surface area contributed by atoms with E-state index in [0.29, 0.717) is 0 Å². The van der Waals surface area contributed by atoms with Crippen LogP contribution in [0.1, 0.15) is 18.1 Å². The van der Waals surface area contributed by atoms with Gasteiger partial charge in [0.2, 0.25) is 5.91 Å². The van der Waals surface area contributed by atoms with Crippen molar-refractivity contribution in [3.05, 3.63) is 38.8 Å². The standard InChI is InChI=1S/C13H13Br2NO/c1-8-4-5-10-9(6-8)13(2,7-11(14)15)12(17)16(10)3/h4-7H,1-3H3. The second kappa shape index (κ2) is 4.25. The predicted octanol–water partition coefficient (Wildman–Crippen LogP) is 3.86. The van der Waals surface area contributed by atoms with Gasteiger partial charge in [0.1, 0.15) is 0 Å². The van der Waals surface area contributed by atoms with Crippen LogP contribution in [-0.2, 0) is 10.2 Å². The third-order valence-electron chi connectivity index (χ3n) is 3.22. The molecule has 0 aliphatic carbocycles. The molecule has 1 amide bonds. The summed E-state index contributed by atoms with van der Waals surface area (Å²) in [6, 6.07) is 6.11. The highest BCUT2D eigenvalue weighted by molar-refractivity contribution is 9.28. The van der Waals surface area contributed by atoms with E-state index >= 15 is 0 Å². The molecule has 0 saturated carbocycles. The molecule has 1 aromatic carbocycles. The number of hydrogen-bond acceptors (Lipinski definition) is 1. The number of carbonyl (C=O) groups excluding carboxylic acids is 1. The molecule has 2 rings (SSSR count). The number of likely N-dealkylation sites (N-methyl/N-ethyl adjacent to an activating group) is 1. The number of anilines is 1. The first-order valence-electron chi connectivity index (χ1n) is 5.29. The molecule has 1 unspecified atom stereocenters. The Morgan fingerprint density at radius 1 is 1.41 bits per heavy atom. The lowest BCUT2D eigenvalue weighted by Gasteiger charge is -2.19. The van der Waals surface area contributed by atoms with Gasteiger partial charge in [0.25, 0.3) is 0 Å². The molecular weight excluding hydrogens is 346 g/mol. The average Bonchev–Trinajstić information content (AvgIpc) is 2.41. The molecule has 0 N–H and O–H groups in total. The third-order valence-corrected chi connectivity index (χ3v) is 3.68. The van der Waals surface area contributed by atoms with Crippen LogP contribution in [0, 0.1) is 6.92 Å². The first-order chi connectivity index (χ1) is 7.86. The average molecular weight is 359 g/mol. The van der Waals surface area contributed by atoms with Crippen molar-refractivity contribution in [2.24, 2.45) is 0 Å². The third kappa shape index (κ3) is 1.97. The number of fused-ring (bicyclic) bond motifs is 1. The molecule has 0 bridgehead atoms. The lowest BCUT2D eigenvalue weighted by atomic mass is 9.83. The second-order valence-electron chi connectivity index (χ2n) is 4.52. The number of carbonyl (C=O) groups is 1. The maximum atomic E-state index is 12.4. The van der Waals surface area contributed by atoms with Gasteiger partial charge < -0.3 is 4.90 Å². The first-order valence-corrected chi connectivity index (χ1v) is 6.88. The number of nitrogens with zero attached hydrogens (tertiary/aromatic N) is 1. The summed E-state index contributed by atoms with van der Waals surface area (Å²) >= 11 is 6.69. The van der Waals surface area contributed by atoms with Crippen molar-refractivity contribution in [2.45, 2.75) is 19.3 Å². The van der Waals surface area contributed by atoms with Gasteiger partial charge in [-0.25, -0.2) is 0 Å². The molecule has 1 aliphatic rings. The minimum atomic E-state index is -0.599. The minimum Gasteiger partial charge on any atom is -0.314 e. The van der Waals surface area contributed by atoms with Gasteiger partial charge in [-0.3, -0.25) is 4.79 Å². The van der Waals surface area contributed by atoms with Gasteiger partial charge in [0.15, 0.2) is 0 Å². The zero-order chi connectivity index (χ0) is 12.8. The van der Waals surface area contributed by atoms with E-state index in [-0.39, 0.29) is 5.91 Å². The monoisotopic (exact) mass is 357 g/mol. The van der Waals surface area contributed by atoms with E-state index in [1.165, 1.54) is 0 Å². The minimum absolute atomic E-state index is 0.0921. The summed E-state index contributed by atoms with van der Waals surface area (Å²) in [6.07, 6.45) is 1.90. The van der Waals surface area contributed by atoms with Gasteiger partial charge in [-0.05, 0) is 63.4 Å². The van der Waals surface area contributed by atoms with E-state index in [1.54, 1.807) is 4.90 Å². The molecule has 0 spiro atoms. The van der Waals surface area contributed by atoms with Crippen LogP contribution in [0.15, 0.2) is 27.7 Å². The van der Waals surface area contributed by atoms with E-state index in [4.69, 9.17) is 0 Å². The number of aryl methyl sites for hydroxylation is 1. The van der Waals surface area contributed by atoms with Gasteiger partial charge in [-0.1, -0.05) is 17.7 Å². The smallest absolute Gasteiger partial charge is 0.241 e. The van der Waals surface area contributed by atoms with Crippen LogP contribution in [0.5, 0.6) is 0 Å². The highest BCUT2D eigenvalue weighted by atomic mass is 79.9. The highest BCUT2D eigenvalue weighted by Gasteiger charge is 2.44. The van der Waals surface area contributed by atoms with Crippen molar-refractivity contribution < 1.29 is 4.79 Å². The molecular formula is C13H13Br2NO. The summed E-state index contributed by atoms with van der Waals surface area (Å²) in [4.78, 5) is 14.1. The molecule has 4 heteroatoms. The molecule has 1 heterocycles. The maximum absolute atomic E-state index is 12.4. The van der Waals surface area contributed by atoms with E-state index in [1.807, 2.05) is 39.1 Å². The second-order valence-corrected chi connectivity index (χ2v) is 7.29. The Bertz CT molecular complexity index is 520. The zero-order valence-electron chi connectivity index (χ0n) is 9.92. The van der Waals surface area contributed by atoms with Crippen molar-refractivity contribution in [1.29, 1.82) is 0 Å². The van der Waals surface area contributed by atoms with Crippen molar-refractivity contribution in [1.82, 2.24) is 0 Å². The Labute approximate surface area is 118 Å². The Morgan fingerprint density at radius 3 is 2.65 bits per heavy atom. The van der Waals surface area contributed by atoms with Crippen LogP contribution in [0.3, 0.4) is 0 Å². The largest absolute Gasteiger partial charge is 0.314 e. The van der Waals surface area contributed by atoms with Crippen LogP contribution in [0.4, 0.5) is 5.69 Å². The van der Waals surface area contributed by atoms with Gasteiger partial charge in [0.05, 0.1) is 8.81 Å². The lowest BCUT2D eigenvalue weighted by Crippen LogP contribution is -2.34. The van der Waals surface area contributed by atoms with E-state index < -0.39 is 5.41 Å². The quantitative estimate of drug-likeness (QED) is 0.746. The van der Waals surface area contributed by atoms with Crippen molar-refractivity contribution >= 4 is 43.5 Å². The summed E-state index contributed by atoms with van der Waals surface area (Å²) in [7, 11) is 1.82. The van der Waals surface area contributed by atoms with Gasteiger partial charge in [0, 0.05) is 12.7 Å². The summed E-state index contributed by atoms with van der Waals surface area (Å²) in [5, 5.41) is 0. The van der Waals surface area contributed by atoms with Crippen molar-refractivity contribution in [3.8, 4) is 0 Å². The van der Waals surface area contributed by atoms with Crippen molar-refractivity contribution in [2.75, 3.05) is 11.9 Å². The molecule has 90 valence electrons. The van der Waals surface area contributed by atoms with Gasteiger partial charge in [-0.2, -0.15) is 0 Å². The van der Waals surface area contributed by atoms with E-state index in [9.17, 15) is 4.79 Å². The van der Waals surface area contributed by atoms with Crippen LogP contribution >= 0.6 is 31.9 Å². The summed E-state index contributed by atoms with van der Waals surface area (Å²) < 4.78 is 0.795. The first kappa shape index (κ1) is 12.8. The van der Waals surface area contributed by atoms with Crippen LogP contribution in [0.2, 0.25) is 0 Å². The van der Waals surface area contributed by atoms with Gasteiger partial charge in [-0.15, -0.1) is 0 Å². The number of halogens is 2. The molecule has 2 nitrogen and oxygen atoms in total. The number of hydrogen-bond donors (Lipinski definition) is 0. The fourth-order valence-corrected chi connectivity index (χ4v) is 3.20. The van der Waals surface area contributed by atoms with Crippen molar-refractivity contribution in [3.63, 3.8) is 0 Å². The number of amides is 1. The van der Waals surface area contributed by atoms with E-state index in [0.717, 1.165) is 20.2 Å². The molecule has 1 atom stereocenters. The fraction of sp³-hybridized carbons (Fsp3) is 0.308. The van der Waals surface area contributed by atoms with Crippen LogP contribution in [0.25, 0.3) is 0 Å². The number of benzene rings is 1. The van der Waals surface area contributed by atoms with Crippen LogP contribution < -0.4 is 4.90 Å². The zero-order valence-corrected chi connectivity index (χ0v) is 13.1. The highest BCUT2D eigenvalue weighted by Crippen LogP contribution is 2.43. The number of rotatable bonds is 1. The Balaban J connectivity index is 2.69. The molecule has 1 aromatic rings. The van der Waals surface area contributed by atoms with Gasteiger partial charge >= 0.3 is 0 Å². The Morgan fingerprint density at radius 2 is 2.06 bits per heavy atom. The summed E-state index contributed by atoms with van der Waals surface area (Å²) in [5.74, 6) is 0.0921. The molecule has 0 radical (unpaired) electrons.